The number of carbonyl (C=O) groups excluding carboxylic acids is 2. The number of benzene rings is 2. The van der Waals surface area contributed by atoms with Crippen molar-refractivity contribution in [1.82, 2.24) is 10.2 Å². The molecule has 0 radical (unpaired) electrons. The molecule has 0 fully saturated rings. The van der Waals surface area contributed by atoms with Crippen LogP contribution in [0.15, 0.2) is 42.5 Å². The minimum absolute atomic E-state index is 0.0315. The lowest BCUT2D eigenvalue weighted by Gasteiger charge is -2.30. The summed E-state index contributed by atoms with van der Waals surface area (Å²) in [6.45, 7) is 8.46. The van der Waals surface area contributed by atoms with Crippen LogP contribution in [0.3, 0.4) is 0 Å². The van der Waals surface area contributed by atoms with Gasteiger partial charge in [-0.3, -0.25) is 9.59 Å². The zero-order valence-electron chi connectivity index (χ0n) is 17.0. The van der Waals surface area contributed by atoms with Crippen molar-refractivity contribution in [1.29, 1.82) is 0 Å². The monoisotopic (exact) mass is 366 g/mol. The zero-order chi connectivity index (χ0) is 20.0. The van der Waals surface area contributed by atoms with Crippen LogP contribution in [0.5, 0.6) is 0 Å². The van der Waals surface area contributed by atoms with Crippen LogP contribution in [0.2, 0.25) is 0 Å². The maximum atomic E-state index is 13.2. The Labute approximate surface area is 162 Å². The van der Waals surface area contributed by atoms with E-state index in [0.29, 0.717) is 19.4 Å². The minimum atomic E-state index is -0.477. The molecule has 0 aromatic heterocycles. The average molecular weight is 367 g/mol. The highest BCUT2D eigenvalue weighted by Crippen LogP contribution is 2.16. The molecule has 0 aliphatic rings. The highest BCUT2D eigenvalue weighted by molar-refractivity contribution is 5.88. The van der Waals surface area contributed by atoms with E-state index in [1.807, 2.05) is 64.1 Å². The Kier molecular flexibility index (Phi) is 7.17. The molecule has 1 atom stereocenters. The summed E-state index contributed by atoms with van der Waals surface area (Å²) in [4.78, 5) is 27.3. The van der Waals surface area contributed by atoms with Gasteiger partial charge >= 0.3 is 0 Å². The Morgan fingerprint density at radius 1 is 0.926 bits per heavy atom. The van der Waals surface area contributed by atoms with Crippen molar-refractivity contribution >= 4 is 11.8 Å². The van der Waals surface area contributed by atoms with E-state index in [1.54, 1.807) is 11.9 Å². The number of hydrogen-bond acceptors (Lipinski definition) is 2. The third-order valence-corrected chi connectivity index (χ3v) is 4.74. The maximum Gasteiger partial charge on any atom is 0.242 e. The molecule has 27 heavy (non-hydrogen) atoms. The fourth-order valence-electron chi connectivity index (χ4n) is 3.42. The molecule has 4 heteroatoms. The van der Waals surface area contributed by atoms with Crippen LogP contribution in [-0.2, 0) is 22.6 Å². The third kappa shape index (κ3) is 5.68. The van der Waals surface area contributed by atoms with Crippen molar-refractivity contribution in [3.05, 3.63) is 70.3 Å². The molecule has 2 rings (SSSR count). The number of carbonyl (C=O) groups is 2. The van der Waals surface area contributed by atoms with E-state index in [4.69, 9.17) is 0 Å². The molecular formula is C23H30N2O2. The molecule has 0 aliphatic heterocycles. The van der Waals surface area contributed by atoms with Gasteiger partial charge in [-0.1, -0.05) is 66.1 Å². The van der Waals surface area contributed by atoms with Crippen molar-refractivity contribution in [2.24, 2.45) is 0 Å². The molecule has 2 aromatic rings. The summed E-state index contributed by atoms with van der Waals surface area (Å²) in [6, 6.07) is 13.8. The van der Waals surface area contributed by atoms with Crippen LogP contribution in [-0.4, -0.2) is 29.8 Å². The van der Waals surface area contributed by atoms with E-state index in [2.05, 4.69) is 11.4 Å². The lowest BCUT2D eigenvalue weighted by Crippen LogP contribution is -2.48. The van der Waals surface area contributed by atoms with Crippen molar-refractivity contribution < 1.29 is 9.59 Å². The number of hydrogen-bond donors (Lipinski definition) is 1. The van der Waals surface area contributed by atoms with Crippen LogP contribution in [0.1, 0.15) is 41.2 Å². The normalized spacial score (nSPS) is 11.7. The minimum Gasteiger partial charge on any atom is -0.357 e. The molecule has 1 N–H and O–H groups in total. The summed E-state index contributed by atoms with van der Waals surface area (Å²) in [7, 11) is 1.61. The Morgan fingerprint density at radius 2 is 1.52 bits per heavy atom. The first-order valence-electron chi connectivity index (χ1n) is 9.47. The molecule has 144 valence electrons. The van der Waals surface area contributed by atoms with Gasteiger partial charge in [-0.25, -0.2) is 0 Å². The SMILES string of the molecule is CC[C@H](C(=O)NC)N(Cc1ccc(C)cc1)C(=O)Cc1cc(C)cc(C)c1. The number of nitrogens with zero attached hydrogens (tertiary/aromatic N) is 1. The van der Waals surface area contributed by atoms with E-state index < -0.39 is 6.04 Å². The van der Waals surface area contributed by atoms with Gasteiger partial charge in [0.25, 0.3) is 0 Å². The van der Waals surface area contributed by atoms with Crippen LogP contribution in [0, 0.1) is 20.8 Å². The van der Waals surface area contributed by atoms with Crippen molar-refractivity contribution in [2.75, 3.05) is 7.05 Å². The van der Waals surface area contributed by atoms with E-state index in [-0.39, 0.29) is 11.8 Å². The van der Waals surface area contributed by atoms with Gasteiger partial charge in [0, 0.05) is 13.6 Å². The van der Waals surface area contributed by atoms with Gasteiger partial charge in [-0.2, -0.15) is 0 Å². The molecule has 0 bridgehead atoms. The third-order valence-electron chi connectivity index (χ3n) is 4.74. The lowest BCUT2D eigenvalue weighted by molar-refractivity contribution is -0.140. The summed E-state index contributed by atoms with van der Waals surface area (Å²) < 4.78 is 0. The first kappa shape index (κ1) is 20.7. The lowest BCUT2D eigenvalue weighted by atomic mass is 10.0. The van der Waals surface area contributed by atoms with Crippen LogP contribution in [0.25, 0.3) is 0 Å². The average Bonchev–Trinajstić information content (AvgIpc) is 2.61. The Hall–Kier alpha value is -2.62. The van der Waals surface area contributed by atoms with Crippen molar-refractivity contribution in [2.45, 2.75) is 53.1 Å². The fourth-order valence-corrected chi connectivity index (χ4v) is 3.42. The van der Waals surface area contributed by atoms with Crippen LogP contribution >= 0.6 is 0 Å². The molecule has 2 amide bonds. The standard InChI is InChI=1S/C23H30N2O2/c1-6-21(23(27)24-5)25(15-19-9-7-16(2)8-10-19)22(26)14-20-12-17(3)11-18(4)13-20/h7-13,21H,6,14-15H2,1-5H3,(H,24,27)/t21-/m1/s1. The fraction of sp³-hybridized carbons (Fsp3) is 0.391. The Bertz CT molecular complexity index is 776. The molecule has 2 aromatic carbocycles. The number of likely N-dealkylation sites (N-methyl/N-ethyl adjacent to an activating group) is 1. The Morgan fingerprint density at radius 3 is 2.04 bits per heavy atom. The van der Waals surface area contributed by atoms with Gasteiger partial charge in [0.05, 0.1) is 6.42 Å². The van der Waals surface area contributed by atoms with E-state index in [0.717, 1.165) is 22.3 Å². The zero-order valence-corrected chi connectivity index (χ0v) is 17.0. The number of amides is 2. The summed E-state index contributed by atoms with van der Waals surface area (Å²) in [6.07, 6.45) is 0.867. The molecule has 0 aliphatic carbocycles. The smallest absolute Gasteiger partial charge is 0.242 e. The summed E-state index contributed by atoms with van der Waals surface area (Å²) >= 11 is 0. The second-order valence-corrected chi connectivity index (χ2v) is 7.22. The summed E-state index contributed by atoms with van der Waals surface area (Å²) in [5.74, 6) is -0.158. The van der Waals surface area contributed by atoms with Crippen molar-refractivity contribution in [3.8, 4) is 0 Å². The van der Waals surface area contributed by atoms with Gasteiger partial charge in [0.1, 0.15) is 6.04 Å². The topological polar surface area (TPSA) is 49.4 Å². The predicted molar refractivity (Wildman–Crippen MR) is 109 cm³/mol. The molecule has 0 saturated carbocycles. The first-order chi connectivity index (χ1) is 12.8. The second kappa shape index (κ2) is 9.36. The molecule has 4 nitrogen and oxygen atoms in total. The second-order valence-electron chi connectivity index (χ2n) is 7.22. The molecule has 0 heterocycles. The summed E-state index contributed by atoms with van der Waals surface area (Å²) in [5.41, 5.74) is 5.46. The molecular weight excluding hydrogens is 336 g/mol. The van der Waals surface area contributed by atoms with Gasteiger partial charge in [0.15, 0.2) is 0 Å². The Balaban J connectivity index is 2.30. The first-order valence-corrected chi connectivity index (χ1v) is 9.47. The van der Waals surface area contributed by atoms with Crippen molar-refractivity contribution in [3.63, 3.8) is 0 Å². The highest BCUT2D eigenvalue weighted by Gasteiger charge is 2.28. The number of nitrogens with one attached hydrogen (secondary N) is 1. The number of aryl methyl sites for hydroxylation is 3. The maximum absolute atomic E-state index is 13.2. The molecule has 0 spiro atoms. The van der Waals surface area contributed by atoms with E-state index in [1.165, 1.54) is 5.56 Å². The van der Waals surface area contributed by atoms with Crippen LogP contribution < -0.4 is 5.32 Å². The number of rotatable bonds is 7. The highest BCUT2D eigenvalue weighted by atomic mass is 16.2. The van der Waals surface area contributed by atoms with Gasteiger partial charge < -0.3 is 10.2 Å². The quantitative estimate of drug-likeness (QED) is 0.812. The van der Waals surface area contributed by atoms with E-state index in [9.17, 15) is 9.59 Å². The van der Waals surface area contributed by atoms with Gasteiger partial charge in [-0.15, -0.1) is 0 Å². The largest absolute Gasteiger partial charge is 0.357 e. The van der Waals surface area contributed by atoms with E-state index >= 15 is 0 Å². The van der Waals surface area contributed by atoms with Crippen LogP contribution in [0.4, 0.5) is 0 Å². The van der Waals surface area contributed by atoms with Gasteiger partial charge in [0.2, 0.25) is 11.8 Å². The summed E-state index contributed by atoms with van der Waals surface area (Å²) in [5, 5.41) is 2.70. The molecule has 0 saturated heterocycles. The van der Waals surface area contributed by atoms with Gasteiger partial charge in [-0.05, 0) is 38.3 Å². The molecule has 0 unspecified atom stereocenters. The predicted octanol–water partition coefficient (Wildman–Crippen LogP) is 3.71.